The molecule has 0 spiro atoms. The number of nitrogens with zero attached hydrogens (tertiary/aromatic N) is 3. The second-order valence-corrected chi connectivity index (χ2v) is 7.98. The van der Waals surface area contributed by atoms with Crippen LogP contribution < -0.4 is 10.1 Å². The zero-order valence-corrected chi connectivity index (χ0v) is 18.5. The predicted molar refractivity (Wildman–Crippen MR) is 124 cm³/mol. The van der Waals surface area contributed by atoms with E-state index in [2.05, 4.69) is 15.5 Å². The van der Waals surface area contributed by atoms with Crippen LogP contribution in [-0.4, -0.2) is 33.5 Å². The molecule has 32 heavy (non-hydrogen) atoms. The van der Waals surface area contributed by atoms with Gasteiger partial charge in [0.15, 0.2) is 11.0 Å². The molecule has 0 radical (unpaired) electrons. The Kier molecular flexibility index (Phi) is 6.72. The Morgan fingerprint density at radius 3 is 2.53 bits per heavy atom. The van der Waals surface area contributed by atoms with Crippen molar-refractivity contribution in [1.29, 1.82) is 0 Å². The molecule has 4 rings (SSSR count). The monoisotopic (exact) mass is 468 g/mol. The molecule has 0 saturated heterocycles. The van der Waals surface area contributed by atoms with E-state index in [0.717, 1.165) is 5.56 Å². The first-order valence-electron chi connectivity index (χ1n) is 9.58. The fraction of sp³-hybridized carbons (Fsp3) is 0.0870. The molecule has 4 aromatic rings. The van der Waals surface area contributed by atoms with Crippen LogP contribution in [0.3, 0.4) is 0 Å². The van der Waals surface area contributed by atoms with Gasteiger partial charge in [-0.05, 0) is 48.5 Å². The third kappa shape index (κ3) is 4.76. The van der Waals surface area contributed by atoms with E-state index < -0.39 is 0 Å². The van der Waals surface area contributed by atoms with Crippen LogP contribution in [0.5, 0.6) is 5.75 Å². The van der Waals surface area contributed by atoms with Gasteiger partial charge in [0, 0.05) is 5.69 Å². The van der Waals surface area contributed by atoms with Crippen molar-refractivity contribution in [3.63, 3.8) is 0 Å². The maximum atomic E-state index is 13.5. The highest BCUT2D eigenvalue weighted by molar-refractivity contribution is 7.99. The van der Waals surface area contributed by atoms with Gasteiger partial charge >= 0.3 is 0 Å². The quantitative estimate of drug-likeness (QED) is 0.364. The minimum Gasteiger partial charge on any atom is -0.496 e. The number of amides is 1. The Morgan fingerprint density at radius 1 is 1.06 bits per heavy atom. The molecule has 3 aromatic carbocycles. The number of hydrogen-bond donors (Lipinski definition) is 1. The van der Waals surface area contributed by atoms with Crippen LogP contribution in [0.4, 0.5) is 10.1 Å². The SMILES string of the molecule is COc1ccccc1-c1nnc(SCC(=O)Nc2ccccc2Cl)n1-c1ccc(F)cc1. The molecular weight excluding hydrogens is 451 g/mol. The molecule has 0 atom stereocenters. The third-order valence-corrected chi connectivity index (χ3v) is 5.80. The number of para-hydroxylation sites is 2. The van der Waals surface area contributed by atoms with Crippen LogP contribution in [0.15, 0.2) is 78.0 Å². The van der Waals surface area contributed by atoms with Gasteiger partial charge in [-0.3, -0.25) is 9.36 Å². The zero-order valence-electron chi connectivity index (χ0n) is 17.0. The molecule has 0 aliphatic heterocycles. The summed E-state index contributed by atoms with van der Waals surface area (Å²) in [6.45, 7) is 0. The lowest BCUT2D eigenvalue weighted by molar-refractivity contribution is -0.113. The van der Waals surface area contributed by atoms with Gasteiger partial charge in [-0.2, -0.15) is 0 Å². The van der Waals surface area contributed by atoms with Gasteiger partial charge in [0.2, 0.25) is 5.91 Å². The maximum absolute atomic E-state index is 13.5. The Balaban J connectivity index is 1.65. The van der Waals surface area contributed by atoms with E-state index in [1.165, 1.54) is 23.9 Å². The van der Waals surface area contributed by atoms with Crippen LogP contribution in [0.25, 0.3) is 17.1 Å². The van der Waals surface area contributed by atoms with Crippen LogP contribution in [0.1, 0.15) is 0 Å². The van der Waals surface area contributed by atoms with E-state index in [1.807, 2.05) is 24.3 Å². The molecule has 6 nitrogen and oxygen atoms in total. The highest BCUT2D eigenvalue weighted by atomic mass is 35.5. The number of benzene rings is 3. The zero-order chi connectivity index (χ0) is 22.5. The van der Waals surface area contributed by atoms with Gasteiger partial charge in [-0.1, -0.05) is 47.6 Å². The van der Waals surface area contributed by atoms with Gasteiger partial charge < -0.3 is 10.1 Å². The molecule has 0 unspecified atom stereocenters. The average Bonchev–Trinajstić information content (AvgIpc) is 3.23. The molecule has 0 aliphatic carbocycles. The maximum Gasteiger partial charge on any atom is 0.234 e. The molecule has 0 fully saturated rings. The molecule has 0 saturated carbocycles. The number of halogens is 2. The highest BCUT2D eigenvalue weighted by Gasteiger charge is 2.20. The summed E-state index contributed by atoms with van der Waals surface area (Å²) >= 11 is 7.32. The number of aromatic nitrogens is 3. The topological polar surface area (TPSA) is 69.0 Å². The minimum atomic E-state index is -0.353. The lowest BCUT2D eigenvalue weighted by Gasteiger charge is -2.12. The van der Waals surface area contributed by atoms with Crippen molar-refractivity contribution in [3.05, 3.63) is 83.6 Å². The molecule has 1 N–H and O–H groups in total. The number of carbonyl (C=O) groups excluding carboxylic acids is 1. The number of methoxy groups -OCH3 is 1. The Hall–Kier alpha value is -3.36. The molecular formula is C23H18ClFN4O2S. The normalized spacial score (nSPS) is 10.7. The van der Waals surface area contributed by atoms with Gasteiger partial charge in [0.05, 0.1) is 29.1 Å². The minimum absolute atomic E-state index is 0.0798. The van der Waals surface area contributed by atoms with E-state index >= 15 is 0 Å². The largest absolute Gasteiger partial charge is 0.496 e. The summed E-state index contributed by atoms with van der Waals surface area (Å²) in [6, 6.07) is 20.4. The lowest BCUT2D eigenvalue weighted by atomic mass is 10.2. The van der Waals surface area contributed by atoms with Crippen LogP contribution >= 0.6 is 23.4 Å². The number of rotatable bonds is 7. The molecule has 0 bridgehead atoms. The first-order valence-corrected chi connectivity index (χ1v) is 10.9. The van der Waals surface area contributed by atoms with Crippen molar-refractivity contribution >= 4 is 35.0 Å². The van der Waals surface area contributed by atoms with E-state index in [4.69, 9.17) is 16.3 Å². The fourth-order valence-corrected chi connectivity index (χ4v) is 4.00. The molecule has 1 aromatic heterocycles. The van der Waals surface area contributed by atoms with Crippen molar-refractivity contribution in [3.8, 4) is 22.8 Å². The van der Waals surface area contributed by atoms with Gasteiger partial charge in [-0.25, -0.2) is 4.39 Å². The van der Waals surface area contributed by atoms with E-state index in [0.29, 0.717) is 33.1 Å². The van der Waals surface area contributed by atoms with Gasteiger partial charge in [0.1, 0.15) is 11.6 Å². The number of thioether (sulfide) groups is 1. The van der Waals surface area contributed by atoms with E-state index in [9.17, 15) is 9.18 Å². The van der Waals surface area contributed by atoms with E-state index in [-0.39, 0.29) is 17.5 Å². The highest BCUT2D eigenvalue weighted by Crippen LogP contribution is 2.33. The second-order valence-electron chi connectivity index (χ2n) is 6.63. The van der Waals surface area contributed by atoms with Crippen molar-refractivity contribution in [2.24, 2.45) is 0 Å². The molecule has 1 heterocycles. The first kappa shape index (κ1) is 21.9. The second kappa shape index (κ2) is 9.84. The summed E-state index contributed by atoms with van der Waals surface area (Å²) in [4.78, 5) is 12.5. The average molecular weight is 469 g/mol. The molecule has 0 aliphatic rings. The summed E-state index contributed by atoms with van der Waals surface area (Å²) < 4.78 is 20.8. The Morgan fingerprint density at radius 2 is 1.78 bits per heavy atom. The van der Waals surface area contributed by atoms with Crippen molar-refractivity contribution in [2.75, 3.05) is 18.2 Å². The van der Waals surface area contributed by atoms with E-state index in [1.54, 1.807) is 48.1 Å². The number of carbonyl (C=O) groups is 1. The molecule has 9 heteroatoms. The third-order valence-electron chi connectivity index (χ3n) is 4.55. The van der Waals surface area contributed by atoms with Crippen molar-refractivity contribution < 1.29 is 13.9 Å². The lowest BCUT2D eigenvalue weighted by Crippen LogP contribution is -2.14. The van der Waals surface area contributed by atoms with Crippen molar-refractivity contribution in [2.45, 2.75) is 5.16 Å². The fourth-order valence-electron chi connectivity index (χ4n) is 3.07. The molecule has 162 valence electrons. The van der Waals surface area contributed by atoms with Crippen LogP contribution in [-0.2, 0) is 4.79 Å². The van der Waals surface area contributed by atoms with Gasteiger partial charge in [0.25, 0.3) is 0 Å². The number of ether oxygens (including phenoxy) is 1. The van der Waals surface area contributed by atoms with Crippen molar-refractivity contribution in [1.82, 2.24) is 14.8 Å². The summed E-state index contributed by atoms with van der Waals surface area (Å²) in [6.07, 6.45) is 0. The Bertz CT molecular complexity index is 1250. The number of nitrogens with one attached hydrogen (secondary N) is 1. The summed E-state index contributed by atoms with van der Waals surface area (Å²) in [5.41, 5.74) is 1.92. The number of hydrogen-bond acceptors (Lipinski definition) is 5. The van der Waals surface area contributed by atoms with Gasteiger partial charge in [-0.15, -0.1) is 10.2 Å². The summed E-state index contributed by atoms with van der Waals surface area (Å²) in [5.74, 6) is 0.625. The predicted octanol–water partition coefficient (Wildman–Crippen LogP) is 5.47. The smallest absolute Gasteiger partial charge is 0.234 e. The number of anilines is 1. The van der Waals surface area contributed by atoms with Crippen LogP contribution in [0, 0.1) is 5.82 Å². The molecule has 1 amide bonds. The summed E-state index contributed by atoms with van der Waals surface area (Å²) in [5, 5.41) is 12.3. The summed E-state index contributed by atoms with van der Waals surface area (Å²) in [7, 11) is 1.58. The van der Waals surface area contributed by atoms with Crippen LogP contribution in [0.2, 0.25) is 5.02 Å². The first-order chi connectivity index (χ1) is 15.6. The standard InChI is InChI=1S/C23H18ClFN4O2S/c1-31-20-9-5-2-6-17(20)22-27-28-23(29(22)16-12-10-15(25)11-13-16)32-14-21(30)26-19-8-4-3-7-18(19)24/h2-13H,14H2,1H3,(H,26,30). The Labute approximate surface area is 193 Å².